The molecule has 1 aromatic carbocycles. The monoisotopic (exact) mass is 328 g/mol. The van der Waals surface area contributed by atoms with Crippen LogP contribution < -0.4 is 10.6 Å². The number of carbonyl (C=O) groups is 2. The van der Waals surface area contributed by atoms with Crippen molar-refractivity contribution in [1.29, 1.82) is 0 Å². The van der Waals surface area contributed by atoms with Gasteiger partial charge in [-0.15, -0.1) is 11.3 Å². The fourth-order valence-electron chi connectivity index (χ4n) is 2.92. The summed E-state index contributed by atoms with van der Waals surface area (Å²) in [5, 5.41) is 6.50. The molecule has 3 rings (SSSR count). The van der Waals surface area contributed by atoms with Crippen LogP contribution in [0.5, 0.6) is 0 Å². The number of hydrogen-bond acceptors (Lipinski definition) is 3. The summed E-state index contributed by atoms with van der Waals surface area (Å²) < 4.78 is 0. The van der Waals surface area contributed by atoms with Crippen LogP contribution in [0, 0.1) is 0 Å². The number of carbonyl (C=O) groups excluding carboxylic acids is 2. The lowest BCUT2D eigenvalue weighted by atomic mass is 9.95. The molecule has 0 saturated heterocycles. The maximum absolute atomic E-state index is 12.7. The number of thiophene rings is 1. The molecule has 0 fully saturated rings. The Morgan fingerprint density at radius 3 is 2.61 bits per heavy atom. The fourth-order valence-corrected chi connectivity index (χ4v) is 4.25. The highest BCUT2D eigenvalue weighted by molar-refractivity contribution is 7.17. The second-order valence-electron chi connectivity index (χ2n) is 5.76. The van der Waals surface area contributed by atoms with Crippen LogP contribution in [0.1, 0.15) is 46.1 Å². The zero-order valence-corrected chi connectivity index (χ0v) is 14.0. The molecule has 0 unspecified atom stereocenters. The van der Waals surface area contributed by atoms with Gasteiger partial charge >= 0.3 is 0 Å². The van der Waals surface area contributed by atoms with Crippen molar-refractivity contribution in [3.05, 3.63) is 51.9 Å². The zero-order valence-electron chi connectivity index (χ0n) is 13.1. The first-order valence-electron chi connectivity index (χ1n) is 7.89. The maximum atomic E-state index is 12.7. The minimum Gasteiger partial charge on any atom is -0.348 e. The van der Waals surface area contributed by atoms with Crippen LogP contribution in [-0.4, -0.2) is 11.8 Å². The average molecular weight is 328 g/mol. The quantitative estimate of drug-likeness (QED) is 0.902. The molecule has 0 saturated carbocycles. The van der Waals surface area contributed by atoms with Crippen LogP contribution >= 0.6 is 11.3 Å². The van der Waals surface area contributed by atoms with Crippen molar-refractivity contribution in [2.24, 2.45) is 0 Å². The molecule has 0 radical (unpaired) electrons. The van der Waals surface area contributed by atoms with Crippen LogP contribution in [0.4, 0.5) is 5.00 Å². The lowest BCUT2D eigenvalue weighted by molar-refractivity contribution is -0.114. The molecule has 0 spiro atoms. The van der Waals surface area contributed by atoms with E-state index in [-0.39, 0.29) is 11.8 Å². The summed E-state index contributed by atoms with van der Waals surface area (Å²) in [4.78, 5) is 25.4. The largest absolute Gasteiger partial charge is 0.348 e. The van der Waals surface area contributed by atoms with Gasteiger partial charge in [-0.3, -0.25) is 9.59 Å². The van der Waals surface area contributed by atoms with Gasteiger partial charge in [0.2, 0.25) is 5.91 Å². The molecule has 2 N–H and O–H groups in total. The Bertz CT molecular complexity index is 722. The number of rotatable bonds is 4. The maximum Gasteiger partial charge on any atom is 0.254 e. The minimum atomic E-state index is -0.138. The van der Waals surface area contributed by atoms with E-state index in [1.54, 1.807) is 11.3 Å². The third kappa shape index (κ3) is 3.62. The number of hydrogen-bond donors (Lipinski definition) is 2. The van der Waals surface area contributed by atoms with Crippen LogP contribution in [0.25, 0.3) is 0 Å². The molecule has 1 aromatic heterocycles. The standard InChI is InChI=1S/C18H20N2O2S/c1-12(21)20-18-16(14-9-5-6-10-15(14)23-18)17(22)19-11-13-7-3-2-4-8-13/h2-4,7-8H,5-6,9-11H2,1H3,(H,19,22)(H,20,21). The van der Waals surface area contributed by atoms with E-state index < -0.39 is 0 Å². The summed E-state index contributed by atoms with van der Waals surface area (Å²) in [7, 11) is 0. The molecule has 0 atom stereocenters. The summed E-state index contributed by atoms with van der Waals surface area (Å²) in [6.45, 7) is 1.97. The van der Waals surface area contributed by atoms with Crippen molar-refractivity contribution in [2.45, 2.75) is 39.2 Å². The first-order valence-corrected chi connectivity index (χ1v) is 8.71. The topological polar surface area (TPSA) is 58.2 Å². The van der Waals surface area contributed by atoms with Gasteiger partial charge in [0.1, 0.15) is 5.00 Å². The van der Waals surface area contributed by atoms with Crippen LogP contribution in [0.15, 0.2) is 30.3 Å². The molecule has 1 aliphatic rings. The predicted octanol–water partition coefficient (Wildman–Crippen LogP) is 3.52. The molecular weight excluding hydrogens is 308 g/mol. The van der Waals surface area contributed by atoms with E-state index in [4.69, 9.17) is 0 Å². The highest BCUT2D eigenvalue weighted by Gasteiger charge is 2.25. The SMILES string of the molecule is CC(=O)Nc1sc2c(c1C(=O)NCc1ccccc1)CCCC2. The number of anilines is 1. The van der Waals surface area contributed by atoms with Crippen molar-refractivity contribution in [3.63, 3.8) is 0 Å². The molecule has 120 valence electrons. The number of aryl methyl sites for hydroxylation is 1. The highest BCUT2D eigenvalue weighted by atomic mass is 32.1. The van der Waals surface area contributed by atoms with Gasteiger partial charge in [0, 0.05) is 18.3 Å². The molecule has 2 amide bonds. The molecular formula is C18H20N2O2S. The minimum absolute atomic E-state index is 0.1000. The molecule has 4 nitrogen and oxygen atoms in total. The second-order valence-corrected chi connectivity index (χ2v) is 6.87. The molecule has 5 heteroatoms. The third-order valence-corrected chi connectivity index (χ3v) is 5.19. The molecule has 1 aliphatic carbocycles. The molecule has 1 heterocycles. The van der Waals surface area contributed by atoms with E-state index in [1.165, 1.54) is 11.8 Å². The van der Waals surface area contributed by atoms with Gasteiger partial charge in [-0.1, -0.05) is 30.3 Å². The third-order valence-electron chi connectivity index (χ3n) is 3.98. The van der Waals surface area contributed by atoms with Crippen LogP contribution in [0.3, 0.4) is 0 Å². The zero-order chi connectivity index (χ0) is 16.2. The van der Waals surface area contributed by atoms with Gasteiger partial charge in [0.15, 0.2) is 0 Å². The Morgan fingerprint density at radius 2 is 1.87 bits per heavy atom. The fraction of sp³-hybridized carbons (Fsp3) is 0.333. The smallest absolute Gasteiger partial charge is 0.254 e. The first kappa shape index (κ1) is 15.7. The van der Waals surface area contributed by atoms with Crippen LogP contribution in [0.2, 0.25) is 0 Å². The summed E-state index contributed by atoms with van der Waals surface area (Å²) >= 11 is 1.55. The van der Waals surface area contributed by atoms with E-state index in [9.17, 15) is 9.59 Å². The van der Waals surface area contributed by atoms with Crippen LogP contribution in [-0.2, 0) is 24.2 Å². The number of fused-ring (bicyclic) bond motifs is 1. The van der Waals surface area contributed by atoms with Gasteiger partial charge in [0.25, 0.3) is 5.91 Å². The van der Waals surface area contributed by atoms with Crippen molar-refractivity contribution in [2.75, 3.05) is 5.32 Å². The molecule has 2 aromatic rings. The second kappa shape index (κ2) is 6.96. The van der Waals surface area contributed by atoms with Gasteiger partial charge in [-0.25, -0.2) is 0 Å². The van der Waals surface area contributed by atoms with Crippen molar-refractivity contribution < 1.29 is 9.59 Å². The van der Waals surface area contributed by atoms with E-state index >= 15 is 0 Å². The normalized spacial score (nSPS) is 13.3. The first-order chi connectivity index (χ1) is 11.1. The van der Waals surface area contributed by atoms with Gasteiger partial charge in [0.05, 0.1) is 5.56 Å². The Morgan fingerprint density at radius 1 is 1.13 bits per heavy atom. The van der Waals surface area contributed by atoms with E-state index in [0.717, 1.165) is 36.8 Å². The summed E-state index contributed by atoms with van der Waals surface area (Å²) in [6.07, 6.45) is 4.17. The molecule has 0 aliphatic heterocycles. The lowest BCUT2D eigenvalue weighted by Gasteiger charge is -2.13. The van der Waals surface area contributed by atoms with E-state index in [0.29, 0.717) is 17.1 Å². The Hall–Kier alpha value is -2.14. The summed E-state index contributed by atoms with van der Waals surface area (Å²) in [5.74, 6) is -0.238. The van der Waals surface area contributed by atoms with Gasteiger partial charge in [-0.2, -0.15) is 0 Å². The molecule has 23 heavy (non-hydrogen) atoms. The predicted molar refractivity (Wildman–Crippen MR) is 92.9 cm³/mol. The van der Waals surface area contributed by atoms with Gasteiger partial charge in [-0.05, 0) is 36.8 Å². The van der Waals surface area contributed by atoms with Crippen molar-refractivity contribution in [3.8, 4) is 0 Å². The van der Waals surface area contributed by atoms with Crippen molar-refractivity contribution >= 4 is 28.2 Å². The van der Waals surface area contributed by atoms with E-state index in [2.05, 4.69) is 10.6 Å². The Kier molecular flexibility index (Phi) is 4.76. The Labute approximate surface area is 139 Å². The average Bonchev–Trinajstić information content (AvgIpc) is 2.90. The van der Waals surface area contributed by atoms with Gasteiger partial charge < -0.3 is 10.6 Å². The molecule has 0 bridgehead atoms. The highest BCUT2D eigenvalue weighted by Crippen LogP contribution is 2.38. The van der Waals surface area contributed by atoms with Crippen molar-refractivity contribution in [1.82, 2.24) is 5.32 Å². The number of amides is 2. The summed E-state index contributed by atoms with van der Waals surface area (Å²) in [5.41, 5.74) is 2.84. The number of nitrogens with one attached hydrogen (secondary N) is 2. The Balaban J connectivity index is 1.83. The van der Waals surface area contributed by atoms with E-state index in [1.807, 2.05) is 30.3 Å². The lowest BCUT2D eigenvalue weighted by Crippen LogP contribution is -2.25. The summed E-state index contributed by atoms with van der Waals surface area (Å²) in [6, 6.07) is 9.83. The number of benzene rings is 1.